The molecule has 0 fully saturated rings. The molecular formula is C12H9F2NO2. The lowest BCUT2D eigenvalue weighted by Gasteiger charge is -2.00. The van der Waals surface area contributed by atoms with Crippen molar-refractivity contribution in [3.05, 3.63) is 41.0 Å². The van der Waals surface area contributed by atoms with Crippen LogP contribution in [0.3, 0.4) is 0 Å². The highest BCUT2D eigenvalue weighted by Gasteiger charge is 2.11. The molecule has 5 heteroatoms. The van der Waals surface area contributed by atoms with E-state index in [4.69, 9.17) is 5.26 Å². The summed E-state index contributed by atoms with van der Waals surface area (Å²) >= 11 is 0. The van der Waals surface area contributed by atoms with E-state index in [9.17, 15) is 13.6 Å². The quantitative estimate of drug-likeness (QED) is 0.461. The van der Waals surface area contributed by atoms with Crippen molar-refractivity contribution in [2.75, 3.05) is 6.61 Å². The molecule has 1 aromatic rings. The molecule has 0 spiro atoms. The SMILES string of the molecule is CCOC(=O)/C(C#N)=C\c1ccc(F)cc1F. The van der Waals surface area contributed by atoms with Crippen LogP contribution < -0.4 is 0 Å². The first-order valence-corrected chi connectivity index (χ1v) is 4.82. The topological polar surface area (TPSA) is 50.1 Å². The molecule has 0 N–H and O–H groups in total. The third-order valence-electron chi connectivity index (χ3n) is 1.88. The summed E-state index contributed by atoms with van der Waals surface area (Å²) in [7, 11) is 0. The molecular weight excluding hydrogens is 228 g/mol. The molecule has 1 aromatic carbocycles. The van der Waals surface area contributed by atoms with E-state index in [1.807, 2.05) is 0 Å². The van der Waals surface area contributed by atoms with E-state index in [1.54, 1.807) is 13.0 Å². The summed E-state index contributed by atoms with van der Waals surface area (Å²) in [6, 6.07) is 4.45. The van der Waals surface area contributed by atoms with Gasteiger partial charge in [-0.1, -0.05) is 0 Å². The van der Waals surface area contributed by atoms with Gasteiger partial charge in [-0.2, -0.15) is 5.26 Å². The summed E-state index contributed by atoms with van der Waals surface area (Å²) in [5, 5.41) is 8.71. The molecule has 0 aliphatic rings. The van der Waals surface area contributed by atoms with Gasteiger partial charge in [0.1, 0.15) is 23.3 Å². The van der Waals surface area contributed by atoms with Crippen LogP contribution in [0.4, 0.5) is 8.78 Å². The number of carbonyl (C=O) groups excluding carboxylic acids is 1. The van der Waals surface area contributed by atoms with Gasteiger partial charge in [0.2, 0.25) is 0 Å². The van der Waals surface area contributed by atoms with Crippen molar-refractivity contribution in [2.24, 2.45) is 0 Å². The van der Waals surface area contributed by atoms with Gasteiger partial charge >= 0.3 is 5.97 Å². The number of nitriles is 1. The molecule has 0 bridgehead atoms. The van der Waals surface area contributed by atoms with E-state index in [-0.39, 0.29) is 17.7 Å². The van der Waals surface area contributed by atoms with E-state index in [0.717, 1.165) is 18.2 Å². The van der Waals surface area contributed by atoms with Crippen molar-refractivity contribution in [1.82, 2.24) is 0 Å². The van der Waals surface area contributed by atoms with Crippen molar-refractivity contribution in [3.63, 3.8) is 0 Å². The summed E-state index contributed by atoms with van der Waals surface area (Å²) in [6.45, 7) is 1.70. The van der Waals surface area contributed by atoms with Crippen LogP contribution in [0.2, 0.25) is 0 Å². The second-order valence-corrected chi connectivity index (χ2v) is 3.06. The van der Waals surface area contributed by atoms with Gasteiger partial charge in [-0.25, -0.2) is 13.6 Å². The van der Waals surface area contributed by atoms with E-state index in [0.29, 0.717) is 6.07 Å². The molecule has 0 aliphatic carbocycles. The minimum Gasteiger partial charge on any atom is -0.462 e. The normalized spacial score (nSPS) is 10.8. The lowest BCUT2D eigenvalue weighted by atomic mass is 10.1. The molecule has 0 saturated heterocycles. The van der Waals surface area contributed by atoms with Crippen LogP contribution in [0.15, 0.2) is 23.8 Å². The van der Waals surface area contributed by atoms with Crippen molar-refractivity contribution in [2.45, 2.75) is 6.92 Å². The monoisotopic (exact) mass is 237 g/mol. The molecule has 0 amide bonds. The van der Waals surface area contributed by atoms with Crippen molar-refractivity contribution in [3.8, 4) is 6.07 Å². The predicted molar refractivity (Wildman–Crippen MR) is 56.6 cm³/mol. The number of ether oxygens (including phenoxy) is 1. The Morgan fingerprint density at radius 1 is 1.53 bits per heavy atom. The Labute approximate surface area is 96.9 Å². The van der Waals surface area contributed by atoms with E-state index in [2.05, 4.69) is 4.74 Å². The van der Waals surface area contributed by atoms with Crippen molar-refractivity contribution >= 4 is 12.0 Å². The van der Waals surface area contributed by atoms with Crippen molar-refractivity contribution < 1.29 is 18.3 Å². The highest BCUT2D eigenvalue weighted by atomic mass is 19.1. The standard InChI is InChI=1S/C12H9F2NO2/c1-2-17-12(16)9(7-15)5-8-3-4-10(13)6-11(8)14/h3-6H,2H2,1H3/b9-5-. The second kappa shape index (κ2) is 5.75. The van der Waals surface area contributed by atoms with Gasteiger partial charge in [-0.3, -0.25) is 0 Å². The van der Waals surface area contributed by atoms with Gasteiger partial charge in [0, 0.05) is 11.6 Å². The Kier molecular flexibility index (Phi) is 4.35. The summed E-state index contributed by atoms with van der Waals surface area (Å²) in [5.74, 6) is -2.41. The largest absolute Gasteiger partial charge is 0.462 e. The third kappa shape index (κ3) is 3.38. The molecule has 1 rings (SSSR count). The highest BCUT2D eigenvalue weighted by Crippen LogP contribution is 2.14. The number of halogens is 2. The maximum Gasteiger partial charge on any atom is 0.348 e. The number of carbonyl (C=O) groups is 1. The molecule has 0 saturated carbocycles. The number of hydrogen-bond acceptors (Lipinski definition) is 3. The first-order chi connectivity index (χ1) is 8.08. The Morgan fingerprint density at radius 3 is 2.76 bits per heavy atom. The summed E-state index contributed by atoms with van der Waals surface area (Å²) < 4.78 is 30.5. The minimum absolute atomic E-state index is 0.0454. The fraction of sp³-hybridized carbons (Fsp3) is 0.167. The van der Waals surface area contributed by atoms with E-state index < -0.39 is 17.6 Å². The molecule has 0 heterocycles. The minimum atomic E-state index is -0.845. The Hall–Kier alpha value is -2.22. The fourth-order valence-corrected chi connectivity index (χ4v) is 1.12. The Balaban J connectivity index is 3.07. The lowest BCUT2D eigenvalue weighted by molar-refractivity contribution is -0.137. The highest BCUT2D eigenvalue weighted by molar-refractivity contribution is 5.97. The van der Waals surface area contributed by atoms with Crippen LogP contribution in [0, 0.1) is 23.0 Å². The molecule has 0 atom stereocenters. The summed E-state index contributed by atoms with van der Waals surface area (Å²) in [4.78, 5) is 11.2. The van der Waals surface area contributed by atoms with Crippen LogP contribution in [-0.4, -0.2) is 12.6 Å². The summed E-state index contributed by atoms with van der Waals surface area (Å²) in [6.07, 6.45) is 1.02. The maximum absolute atomic E-state index is 13.3. The third-order valence-corrected chi connectivity index (χ3v) is 1.88. The zero-order valence-electron chi connectivity index (χ0n) is 9.04. The van der Waals surface area contributed by atoms with Gasteiger partial charge in [-0.15, -0.1) is 0 Å². The van der Waals surface area contributed by atoms with E-state index in [1.165, 1.54) is 0 Å². The molecule has 0 aromatic heterocycles. The van der Waals surface area contributed by atoms with Gasteiger partial charge in [0.25, 0.3) is 0 Å². The van der Waals surface area contributed by atoms with Crippen LogP contribution >= 0.6 is 0 Å². The van der Waals surface area contributed by atoms with Gasteiger partial charge in [-0.05, 0) is 25.1 Å². The van der Waals surface area contributed by atoms with Crippen molar-refractivity contribution in [1.29, 1.82) is 5.26 Å². The Morgan fingerprint density at radius 2 is 2.24 bits per heavy atom. The molecule has 3 nitrogen and oxygen atoms in total. The molecule has 0 radical (unpaired) electrons. The average Bonchev–Trinajstić information content (AvgIpc) is 2.28. The number of benzene rings is 1. The molecule has 17 heavy (non-hydrogen) atoms. The van der Waals surface area contributed by atoms with Crippen LogP contribution in [0.25, 0.3) is 6.08 Å². The lowest BCUT2D eigenvalue weighted by Crippen LogP contribution is -2.06. The van der Waals surface area contributed by atoms with E-state index >= 15 is 0 Å². The first kappa shape index (κ1) is 12.8. The molecule has 0 aliphatic heterocycles. The number of nitrogens with zero attached hydrogens (tertiary/aromatic N) is 1. The van der Waals surface area contributed by atoms with Crippen LogP contribution in [0.1, 0.15) is 12.5 Å². The Bertz CT molecular complexity index is 504. The number of hydrogen-bond donors (Lipinski definition) is 0. The summed E-state index contributed by atoms with van der Waals surface area (Å²) in [5.41, 5.74) is -0.381. The van der Waals surface area contributed by atoms with Gasteiger partial charge in [0.05, 0.1) is 6.61 Å². The second-order valence-electron chi connectivity index (χ2n) is 3.06. The van der Waals surface area contributed by atoms with Gasteiger partial charge in [0.15, 0.2) is 0 Å². The fourth-order valence-electron chi connectivity index (χ4n) is 1.12. The predicted octanol–water partition coefficient (Wildman–Crippen LogP) is 2.43. The maximum atomic E-state index is 13.3. The molecule has 88 valence electrons. The van der Waals surface area contributed by atoms with Crippen LogP contribution in [0.5, 0.6) is 0 Å². The average molecular weight is 237 g/mol. The van der Waals surface area contributed by atoms with Gasteiger partial charge < -0.3 is 4.74 Å². The number of esters is 1. The zero-order chi connectivity index (χ0) is 12.8. The smallest absolute Gasteiger partial charge is 0.348 e. The zero-order valence-corrected chi connectivity index (χ0v) is 9.04. The molecule has 0 unspecified atom stereocenters. The van der Waals surface area contributed by atoms with Crippen LogP contribution in [-0.2, 0) is 9.53 Å². The number of rotatable bonds is 3. The first-order valence-electron chi connectivity index (χ1n) is 4.82.